The molecule has 176 valence electrons. The number of rotatable bonds is 6. The summed E-state index contributed by atoms with van der Waals surface area (Å²) in [5.74, 6) is -3.64. The number of aryl methyl sites for hydroxylation is 1. The minimum Gasteiger partial charge on any atom is -0.355 e. The number of nitrogens with zero attached hydrogens (tertiary/aromatic N) is 3. The molecule has 1 saturated heterocycles. The van der Waals surface area contributed by atoms with Crippen molar-refractivity contribution in [2.75, 3.05) is 25.5 Å². The van der Waals surface area contributed by atoms with Crippen LogP contribution in [0.25, 0.3) is 0 Å². The number of alkyl halides is 2. The number of carbonyl (C=O) groups excluding carboxylic acids is 3. The maximum Gasteiger partial charge on any atom is 0.273 e. The highest BCUT2D eigenvalue weighted by Gasteiger charge is 2.42. The molecule has 0 aliphatic carbocycles. The van der Waals surface area contributed by atoms with Gasteiger partial charge >= 0.3 is 0 Å². The Bertz CT molecular complexity index is 1060. The number of anilines is 2. The van der Waals surface area contributed by atoms with Gasteiger partial charge in [0, 0.05) is 44.7 Å². The van der Waals surface area contributed by atoms with E-state index in [1.165, 1.54) is 26.2 Å². The fraction of sp³-hybridized carbons (Fsp3) is 0.409. The number of likely N-dealkylation sites (tertiary alicyclic amines) is 1. The van der Waals surface area contributed by atoms with Gasteiger partial charge in [-0.1, -0.05) is 6.07 Å². The van der Waals surface area contributed by atoms with Gasteiger partial charge in [-0.2, -0.15) is 0 Å². The van der Waals surface area contributed by atoms with Crippen molar-refractivity contribution in [1.29, 1.82) is 0 Å². The van der Waals surface area contributed by atoms with Crippen molar-refractivity contribution in [2.24, 2.45) is 0 Å². The summed E-state index contributed by atoms with van der Waals surface area (Å²) in [5.41, 5.74) is 0.924. The molecule has 1 aliphatic heterocycles. The lowest BCUT2D eigenvalue weighted by Crippen LogP contribution is -2.55. The first-order valence-corrected chi connectivity index (χ1v) is 10.5. The van der Waals surface area contributed by atoms with Crippen molar-refractivity contribution in [3.8, 4) is 0 Å². The van der Waals surface area contributed by atoms with Crippen LogP contribution in [0.5, 0.6) is 0 Å². The first-order valence-electron chi connectivity index (χ1n) is 10.5. The van der Waals surface area contributed by atoms with Crippen LogP contribution in [0.1, 0.15) is 46.2 Å². The first-order chi connectivity index (χ1) is 15.6. The standard InChI is InChI=1S/C22H26F2N6O3/c1-13-4-5-17(28-18-10-15(7-9-26-18)20(32)25-3)29-19(13)21(33)30-12-22(23,24)8-6-16(30)11-27-14(2)31/h4-5,7,9-10,16H,6,8,11-12H2,1-3H3,(H,25,32)(H,27,31)(H,26,28,29). The zero-order valence-corrected chi connectivity index (χ0v) is 18.6. The van der Waals surface area contributed by atoms with E-state index in [4.69, 9.17) is 0 Å². The van der Waals surface area contributed by atoms with E-state index < -0.39 is 24.4 Å². The third kappa shape index (κ3) is 5.99. The normalized spacial score (nSPS) is 17.2. The van der Waals surface area contributed by atoms with Gasteiger partial charge < -0.3 is 20.9 Å². The van der Waals surface area contributed by atoms with Crippen LogP contribution in [0.2, 0.25) is 0 Å². The maximum atomic E-state index is 14.1. The number of halogens is 2. The van der Waals surface area contributed by atoms with Gasteiger partial charge in [-0.05, 0) is 37.1 Å². The number of carbonyl (C=O) groups is 3. The summed E-state index contributed by atoms with van der Waals surface area (Å²) in [6.45, 7) is 2.34. The van der Waals surface area contributed by atoms with E-state index in [1.807, 2.05) is 0 Å². The van der Waals surface area contributed by atoms with E-state index in [9.17, 15) is 23.2 Å². The van der Waals surface area contributed by atoms with Gasteiger partial charge in [-0.3, -0.25) is 14.4 Å². The van der Waals surface area contributed by atoms with Crippen LogP contribution < -0.4 is 16.0 Å². The van der Waals surface area contributed by atoms with Crippen LogP contribution in [0.3, 0.4) is 0 Å². The lowest BCUT2D eigenvalue weighted by Gasteiger charge is -2.39. The molecule has 3 N–H and O–H groups in total. The third-order valence-electron chi connectivity index (χ3n) is 5.34. The number of piperidine rings is 1. The summed E-state index contributed by atoms with van der Waals surface area (Å²) in [6, 6.07) is 5.78. The van der Waals surface area contributed by atoms with Crippen LogP contribution >= 0.6 is 0 Å². The molecule has 0 radical (unpaired) electrons. The van der Waals surface area contributed by atoms with E-state index in [0.29, 0.717) is 16.9 Å². The van der Waals surface area contributed by atoms with Gasteiger partial charge in [-0.15, -0.1) is 0 Å². The Balaban J connectivity index is 1.86. The number of aromatic nitrogens is 2. The van der Waals surface area contributed by atoms with Crippen molar-refractivity contribution < 1.29 is 23.2 Å². The van der Waals surface area contributed by atoms with Gasteiger partial charge in [0.15, 0.2) is 0 Å². The topological polar surface area (TPSA) is 116 Å². The molecular formula is C22H26F2N6O3. The number of nitrogens with one attached hydrogen (secondary N) is 3. The molecule has 1 atom stereocenters. The molecule has 3 amide bonds. The number of amides is 3. The summed E-state index contributed by atoms with van der Waals surface area (Å²) in [5, 5.41) is 8.06. The molecule has 11 heteroatoms. The Morgan fingerprint density at radius 1 is 1.21 bits per heavy atom. The van der Waals surface area contributed by atoms with E-state index in [1.54, 1.807) is 25.1 Å². The fourth-order valence-electron chi connectivity index (χ4n) is 3.57. The van der Waals surface area contributed by atoms with Crippen LogP contribution in [-0.2, 0) is 4.79 Å². The predicted molar refractivity (Wildman–Crippen MR) is 118 cm³/mol. The predicted octanol–water partition coefficient (Wildman–Crippen LogP) is 2.26. The molecule has 0 bridgehead atoms. The van der Waals surface area contributed by atoms with Gasteiger partial charge in [-0.25, -0.2) is 18.7 Å². The molecule has 1 unspecified atom stereocenters. The van der Waals surface area contributed by atoms with Crippen molar-refractivity contribution in [1.82, 2.24) is 25.5 Å². The lowest BCUT2D eigenvalue weighted by atomic mass is 9.98. The Kier molecular flexibility index (Phi) is 7.19. The average molecular weight is 460 g/mol. The maximum absolute atomic E-state index is 14.1. The molecule has 0 saturated carbocycles. The van der Waals surface area contributed by atoms with Gasteiger partial charge in [0.1, 0.15) is 17.3 Å². The summed E-state index contributed by atoms with van der Waals surface area (Å²) >= 11 is 0. The van der Waals surface area contributed by atoms with Gasteiger partial charge in [0.2, 0.25) is 5.91 Å². The average Bonchev–Trinajstić information content (AvgIpc) is 2.78. The number of pyridine rings is 2. The van der Waals surface area contributed by atoms with Gasteiger partial charge in [0.25, 0.3) is 17.7 Å². The Hall–Kier alpha value is -3.63. The molecule has 33 heavy (non-hydrogen) atoms. The molecule has 1 aliphatic rings. The second-order valence-electron chi connectivity index (χ2n) is 7.91. The fourth-order valence-corrected chi connectivity index (χ4v) is 3.57. The molecule has 2 aromatic heterocycles. The van der Waals surface area contributed by atoms with Crippen LogP contribution in [-0.4, -0.2) is 64.7 Å². The van der Waals surface area contributed by atoms with E-state index in [-0.39, 0.29) is 42.7 Å². The highest BCUT2D eigenvalue weighted by molar-refractivity contribution is 5.95. The van der Waals surface area contributed by atoms with E-state index in [0.717, 1.165) is 4.90 Å². The first kappa shape index (κ1) is 24.0. The van der Waals surface area contributed by atoms with Crippen molar-refractivity contribution in [3.63, 3.8) is 0 Å². The molecule has 0 spiro atoms. The zero-order chi connectivity index (χ0) is 24.2. The minimum atomic E-state index is -3.02. The highest BCUT2D eigenvalue weighted by atomic mass is 19.3. The molecule has 1 fully saturated rings. The molecule has 3 heterocycles. The summed E-state index contributed by atoms with van der Waals surface area (Å²) in [7, 11) is 1.51. The number of hydrogen-bond donors (Lipinski definition) is 3. The van der Waals surface area contributed by atoms with Crippen molar-refractivity contribution >= 4 is 29.4 Å². The summed E-state index contributed by atoms with van der Waals surface area (Å²) in [4.78, 5) is 46.0. The minimum absolute atomic E-state index is 0.0213. The molecule has 0 aromatic carbocycles. The SMILES string of the molecule is CNC(=O)c1ccnc(Nc2ccc(C)c(C(=O)N3CC(F)(F)CCC3CNC(C)=O)n2)c1. The molecular weight excluding hydrogens is 434 g/mol. The van der Waals surface area contributed by atoms with Crippen molar-refractivity contribution in [2.45, 2.75) is 38.7 Å². The summed E-state index contributed by atoms with van der Waals surface area (Å²) < 4.78 is 28.3. The zero-order valence-electron chi connectivity index (χ0n) is 18.6. The second-order valence-corrected chi connectivity index (χ2v) is 7.91. The van der Waals surface area contributed by atoms with E-state index in [2.05, 4.69) is 25.9 Å². The quantitative estimate of drug-likeness (QED) is 0.609. The lowest BCUT2D eigenvalue weighted by molar-refractivity contribution is -0.119. The Morgan fingerprint density at radius 3 is 2.67 bits per heavy atom. The van der Waals surface area contributed by atoms with Crippen LogP contribution in [0, 0.1) is 6.92 Å². The van der Waals surface area contributed by atoms with E-state index >= 15 is 0 Å². The Morgan fingerprint density at radius 2 is 1.97 bits per heavy atom. The van der Waals surface area contributed by atoms with Crippen LogP contribution in [0.4, 0.5) is 20.4 Å². The Labute approximate surface area is 190 Å². The molecule has 3 rings (SSSR count). The highest BCUT2D eigenvalue weighted by Crippen LogP contribution is 2.31. The second kappa shape index (κ2) is 9.88. The third-order valence-corrected chi connectivity index (χ3v) is 5.34. The van der Waals surface area contributed by atoms with Gasteiger partial charge in [0.05, 0.1) is 6.54 Å². The molecule has 9 nitrogen and oxygen atoms in total. The van der Waals surface area contributed by atoms with Crippen LogP contribution in [0.15, 0.2) is 30.5 Å². The summed E-state index contributed by atoms with van der Waals surface area (Å²) in [6.07, 6.45) is 1.16. The largest absolute Gasteiger partial charge is 0.355 e. The van der Waals surface area contributed by atoms with Crippen molar-refractivity contribution in [3.05, 3.63) is 47.3 Å². The monoisotopic (exact) mass is 460 g/mol. The smallest absolute Gasteiger partial charge is 0.273 e. The number of hydrogen-bond acceptors (Lipinski definition) is 6. The molecule has 2 aromatic rings.